The van der Waals surface area contributed by atoms with Gasteiger partial charge in [-0.25, -0.2) is 4.39 Å². The first-order valence-electron chi connectivity index (χ1n) is 4.61. The van der Waals surface area contributed by atoms with Crippen LogP contribution in [0.2, 0.25) is 0 Å². The molecule has 1 aliphatic carbocycles. The van der Waals surface area contributed by atoms with Crippen LogP contribution in [0.3, 0.4) is 0 Å². The molecule has 0 amide bonds. The summed E-state index contributed by atoms with van der Waals surface area (Å²) in [7, 11) is 0. The number of hydrogen-bond donors (Lipinski definition) is 0. The molecule has 1 aliphatic rings. The van der Waals surface area contributed by atoms with Crippen molar-refractivity contribution < 1.29 is 4.39 Å². The molecule has 2 unspecified atom stereocenters. The molecule has 2 rings (SSSR count). The van der Waals surface area contributed by atoms with Gasteiger partial charge >= 0.3 is 0 Å². The second kappa shape index (κ2) is 2.99. The molecule has 1 fully saturated rings. The van der Waals surface area contributed by atoms with Gasteiger partial charge in [-0.3, -0.25) is 0 Å². The molecule has 1 saturated carbocycles. The van der Waals surface area contributed by atoms with Crippen LogP contribution in [0, 0.1) is 0 Å². The zero-order valence-electron chi connectivity index (χ0n) is 7.54. The number of allylic oxidation sites excluding steroid dienone is 1. The Labute approximate surface area is 78.1 Å². The third kappa shape index (κ3) is 1.51. The molecule has 0 radical (unpaired) electrons. The van der Waals surface area contributed by atoms with E-state index in [-0.39, 0.29) is 5.92 Å². The van der Waals surface area contributed by atoms with Gasteiger partial charge in [0.25, 0.3) is 0 Å². The van der Waals surface area contributed by atoms with Gasteiger partial charge in [0.1, 0.15) is 5.67 Å². The predicted molar refractivity (Wildman–Crippen MR) is 52.5 cm³/mol. The second-order valence-electron chi connectivity index (χ2n) is 3.69. The molecule has 1 aromatic carbocycles. The van der Waals surface area contributed by atoms with Crippen molar-refractivity contribution in [1.29, 1.82) is 0 Å². The highest BCUT2D eigenvalue weighted by Crippen LogP contribution is 2.56. The van der Waals surface area contributed by atoms with Crippen molar-refractivity contribution >= 4 is 0 Å². The first-order valence-corrected chi connectivity index (χ1v) is 4.61. The fraction of sp³-hybridized carbons (Fsp3) is 0.333. The Morgan fingerprint density at radius 1 is 1.46 bits per heavy atom. The van der Waals surface area contributed by atoms with Gasteiger partial charge in [-0.2, -0.15) is 0 Å². The molecule has 0 N–H and O–H groups in total. The van der Waals surface area contributed by atoms with E-state index in [4.69, 9.17) is 0 Å². The van der Waals surface area contributed by atoms with Crippen LogP contribution in [0.5, 0.6) is 0 Å². The lowest BCUT2D eigenvalue weighted by Crippen LogP contribution is -2.00. The van der Waals surface area contributed by atoms with Crippen molar-refractivity contribution in [2.24, 2.45) is 0 Å². The monoisotopic (exact) mass is 176 g/mol. The maximum Gasteiger partial charge on any atom is 0.122 e. The first kappa shape index (κ1) is 8.49. The molecule has 1 aromatic rings. The molecule has 0 aliphatic heterocycles. The zero-order chi connectivity index (χ0) is 9.31. The lowest BCUT2D eigenvalue weighted by Gasteiger charge is -2.03. The van der Waals surface area contributed by atoms with E-state index in [9.17, 15) is 4.39 Å². The SMILES string of the molecule is C=CCC1(F)CC1c1ccccc1. The normalized spacial score (nSPS) is 31.3. The predicted octanol–water partition coefficient (Wildman–Crippen LogP) is 3.46. The second-order valence-corrected chi connectivity index (χ2v) is 3.69. The Hall–Kier alpha value is -1.11. The van der Waals surface area contributed by atoms with E-state index < -0.39 is 5.67 Å². The van der Waals surface area contributed by atoms with Gasteiger partial charge in [-0.1, -0.05) is 36.4 Å². The number of alkyl halides is 1. The third-order valence-electron chi connectivity index (χ3n) is 2.69. The topological polar surface area (TPSA) is 0 Å². The minimum atomic E-state index is -0.997. The molecule has 68 valence electrons. The van der Waals surface area contributed by atoms with E-state index in [0.29, 0.717) is 12.8 Å². The largest absolute Gasteiger partial charge is 0.243 e. The molecular weight excluding hydrogens is 163 g/mol. The molecule has 0 aromatic heterocycles. The highest BCUT2D eigenvalue weighted by Gasteiger charge is 2.54. The molecule has 13 heavy (non-hydrogen) atoms. The van der Waals surface area contributed by atoms with Gasteiger partial charge in [0, 0.05) is 5.92 Å². The molecule has 2 atom stereocenters. The Bertz CT molecular complexity index is 304. The third-order valence-corrected chi connectivity index (χ3v) is 2.69. The smallest absolute Gasteiger partial charge is 0.122 e. The summed E-state index contributed by atoms with van der Waals surface area (Å²) in [6.45, 7) is 3.57. The van der Waals surface area contributed by atoms with Crippen molar-refractivity contribution in [2.45, 2.75) is 24.4 Å². The summed E-state index contributed by atoms with van der Waals surface area (Å²) in [6, 6.07) is 9.87. The number of hydrogen-bond acceptors (Lipinski definition) is 0. The fourth-order valence-corrected chi connectivity index (χ4v) is 1.85. The van der Waals surface area contributed by atoms with Crippen molar-refractivity contribution in [3.05, 3.63) is 48.6 Å². The summed E-state index contributed by atoms with van der Waals surface area (Å²) in [5.74, 6) is 0.103. The molecule has 0 heterocycles. The summed E-state index contributed by atoms with van der Waals surface area (Å²) in [5.41, 5.74) is 0.121. The molecular formula is C12H13F. The summed E-state index contributed by atoms with van der Waals surface area (Å²) in [5, 5.41) is 0. The van der Waals surface area contributed by atoms with E-state index in [2.05, 4.69) is 6.58 Å². The summed E-state index contributed by atoms with van der Waals surface area (Å²) in [4.78, 5) is 0. The van der Waals surface area contributed by atoms with Gasteiger partial charge in [-0.05, 0) is 18.4 Å². The van der Waals surface area contributed by atoms with Gasteiger partial charge in [0.05, 0.1) is 0 Å². The lowest BCUT2D eigenvalue weighted by molar-refractivity contribution is 0.302. The van der Waals surface area contributed by atoms with Crippen LogP contribution in [0.25, 0.3) is 0 Å². The summed E-state index contributed by atoms with van der Waals surface area (Å²) >= 11 is 0. The standard InChI is InChI=1S/C12H13F/c1-2-8-12(13)9-11(12)10-6-4-3-5-7-10/h2-7,11H,1,8-9H2. The fourth-order valence-electron chi connectivity index (χ4n) is 1.85. The Morgan fingerprint density at radius 2 is 2.15 bits per heavy atom. The maximum absolute atomic E-state index is 13.8. The van der Waals surface area contributed by atoms with Crippen LogP contribution in [0.4, 0.5) is 4.39 Å². The van der Waals surface area contributed by atoms with E-state index in [1.165, 1.54) is 0 Å². The van der Waals surface area contributed by atoms with E-state index in [1.54, 1.807) is 6.08 Å². The van der Waals surface area contributed by atoms with Gasteiger partial charge in [0.2, 0.25) is 0 Å². The van der Waals surface area contributed by atoms with Gasteiger partial charge < -0.3 is 0 Å². The van der Waals surface area contributed by atoms with Crippen LogP contribution in [-0.2, 0) is 0 Å². The van der Waals surface area contributed by atoms with Crippen LogP contribution in [-0.4, -0.2) is 5.67 Å². The average Bonchev–Trinajstić information content (AvgIpc) is 2.80. The number of benzene rings is 1. The quantitative estimate of drug-likeness (QED) is 0.619. The molecule has 0 saturated heterocycles. The lowest BCUT2D eigenvalue weighted by atomic mass is 10.1. The molecule has 1 heteroatoms. The van der Waals surface area contributed by atoms with Crippen LogP contribution in [0.15, 0.2) is 43.0 Å². The highest BCUT2D eigenvalue weighted by molar-refractivity contribution is 5.31. The number of rotatable bonds is 3. The van der Waals surface area contributed by atoms with Gasteiger partial charge in [-0.15, -0.1) is 6.58 Å². The Morgan fingerprint density at radius 3 is 2.77 bits per heavy atom. The molecule has 0 nitrogen and oxygen atoms in total. The number of halogens is 1. The minimum Gasteiger partial charge on any atom is -0.243 e. The van der Waals surface area contributed by atoms with Crippen LogP contribution >= 0.6 is 0 Å². The summed E-state index contributed by atoms with van der Waals surface area (Å²) in [6.07, 6.45) is 2.80. The van der Waals surface area contributed by atoms with Gasteiger partial charge in [0.15, 0.2) is 0 Å². The summed E-state index contributed by atoms with van der Waals surface area (Å²) < 4.78 is 13.8. The zero-order valence-corrected chi connectivity index (χ0v) is 7.54. The first-order chi connectivity index (χ1) is 6.26. The molecule has 0 bridgehead atoms. The van der Waals surface area contributed by atoms with E-state index in [1.807, 2.05) is 30.3 Å². The molecule has 0 spiro atoms. The van der Waals surface area contributed by atoms with Crippen molar-refractivity contribution in [3.63, 3.8) is 0 Å². The Kier molecular flexibility index (Phi) is 1.95. The van der Waals surface area contributed by atoms with Crippen molar-refractivity contribution in [2.75, 3.05) is 0 Å². The van der Waals surface area contributed by atoms with Crippen LogP contribution in [0.1, 0.15) is 24.3 Å². The minimum absolute atomic E-state index is 0.103. The Balaban J connectivity index is 2.11. The van der Waals surface area contributed by atoms with E-state index in [0.717, 1.165) is 5.56 Å². The van der Waals surface area contributed by atoms with Crippen LogP contribution < -0.4 is 0 Å². The maximum atomic E-state index is 13.8. The average molecular weight is 176 g/mol. The highest BCUT2D eigenvalue weighted by atomic mass is 19.1. The van der Waals surface area contributed by atoms with Crippen molar-refractivity contribution in [3.8, 4) is 0 Å². The van der Waals surface area contributed by atoms with E-state index >= 15 is 0 Å². The van der Waals surface area contributed by atoms with Crippen molar-refractivity contribution in [1.82, 2.24) is 0 Å².